The van der Waals surface area contributed by atoms with Crippen LogP contribution < -0.4 is 10.6 Å². The molecule has 0 spiro atoms. The van der Waals surface area contributed by atoms with Gasteiger partial charge in [0.1, 0.15) is 5.00 Å². The van der Waals surface area contributed by atoms with E-state index < -0.39 is 12.0 Å². The van der Waals surface area contributed by atoms with E-state index in [0.717, 1.165) is 8.45 Å². The minimum absolute atomic E-state index is 0.148. The van der Waals surface area contributed by atoms with E-state index in [9.17, 15) is 14.7 Å². The zero-order chi connectivity index (χ0) is 15.6. The topological polar surface area (TPSA) is 78.4 Å². The first-order chi connectivity index (χ1) is 9.88. The van der Waals surface area contributed by atoms with Crippen LogP contribution in [0.4, 0.5) is 15.5 Å². The number of anilines is 2. The lowest BCUT2D eigenvalue weighted by Gasteiger charge is -2.07. The summed E-state index contributed by atoms with van der Waals surface area (Å²) in [5, 5.41) is 14.9. The van der Waals surface area contributed by atoms with Gasteiger partial charge in [0.15, 0.2) is 0 Å². The molecule has 1 aromatic carbocycles. The molecule has 2 rings (SSSR count). The number of carbonyl (C=O) groups is 2. The first kappa shape index (κ1) is 15.8. The fourth-order valence-electron chi connectivity index (χ4n) is 1.77. The average molecular weight is 416 g/mol. The van der Waals surface area contributed by atoms with Gasteiger partial charge in [0.25, 0.3) is 0 Å². The SMILES string of the molecule is Cc1sc(NC(=O)Nc2ccc(I)cc2)c(C(=O)O)c1C. The molecule has 0 aliphatic heterocycles. The highest BCUT2D eigenvalue weighted by molar-refractivity contribution is 14.1. The van der Waals surface area contributed by atoms with E-state index in [-0.39, 0.29) is 5.56 Å². The summed E-state index contributed by atoms with van der Waals surface area (Å²) in [6, 6.07) is 6.85. The fourth-order valence-corrected chi connectivity index (χ4v) is 3.18. The number of thiophene rings is 1. The summed E-state index contributed by atoms with van der Waals surface area (Å²) in [5.41, 5.74) is 1.47. The van der Waals surface area contributed by atoms with Crippen LogP contribution in [0.1, 0.15) is 20.8 Å². The second kappa shape index (κ2) is 6.44. The first-order valence-electron chi connectivity index (χ1n) is 6.05. The highest BCUT2D eigenvalue weighted by Crippen LogP contribution is 2.32. The lowest BCUT2D eigenvalue weighted by atomic mass is 10.1. The van der Waals surface area contributed by atoms with Gasteiger partial charge in [0, 0.05) is 14.1 Å². The van der Waals surface area contributed by atoms with Gasteiger partial charge in [-0.3, -0.25) is 5.32 Å². The molecule has 0 radical (unpaired) electrons. The number of hydrogen-bond donors (Lipinski definition) is 3. The highest BCUT2D eigenvalue weighted by atomic mass is 127. The molecule has 0 aliphatic rings. The number of aromatic carboxylic acids is 1. The molecule has 5 nitrogen and oxygen atoms in total. The Kier molecular flexibility index (Phi) is 4.84. The Balaban J connectivity index is 2.15. The average Bonchev–Trinajstić information content (AvgIpc) is 2.67. The Labute approximate surface area is 139 Å². The van der Waals surface area contributed by atoms with E-state index in [1.807, 2.05) is 19.1 Å². The van der Waals surface area contributed by atoms with Gasteiger partial charge < -0.3 is 10.4 Å². The molecule has 21 heavy (non-hydrogen) atoms. The maximum atomic E-state index is 12.0. The molecule has 2 aromatic rings. The van der Waals surface area contributed by atoms with E-state index in [0.29, 0.717) is 16.3 Å². The second-order valence-corrected chi connectivity index (χ2v) is 6.85. The normalized spacial score (nSPS) is 10.2. The Bertz CT molecular complexity index is 695. The third-order valence-corrected chi connectivity index (χ3v) is 4.77. The third kappa shape index (κ3) is 3.73. The molecule has 0 aliphatic carbocycles. The van der Waals surface area contributed by atoms with Gasteiger partial charge in [-0.05, 0) is 66.3 Å². The van der Waals surface area contributed by atoms with Gasteiger partial charge in [-0.15, -0.1) is 11.3 Å². The van der Waals surface area contributed by atoms with E-state index >= 15 is 0 Å². The number of amides is 2. The van der Waals surface area contributed by atoms with Crippen LogP contribution in [0.5, 0.6) is 0 Å². The number of carboxylic acids is 1. The molecule has 0 unspecified atom stereocenters. The molecule has 0 saturated heterocycles. The molecular weight excluding hydrogens is 403 g/mol. The standard InChI is InChI=1S/C14H13IN2O3S/c1-7-8(2)21-12(11(7)13(18)19)17-14(20)16-10-5-3-9(15)4-6-10/h3-6H,1-2H3,(H,18,19)(H2,16,17,20). The molecule has 110 valence electrons. The van der Waals surface area contributed by atoms with Crippen molar-refractivity contribution in [1.82, 2.24) is 0 Å². The Morgan fingerprint density at radius 2 is 1.76 bits per heavy atom. The summed E-state index contributed by atoms with van der Waals surface area (Å²) in [5.74, 6) is -1.04. The van der Waals surface area contributed by atoms with Gasteiger partial charge in [-0.25, -0.2) is 9.59 Å². The number of urea groups is 1. The fraction of sp³-hybridized carbons (Fsp3) is 0.143. The predicted octanol–water partition coefficient (Wildman–Crippen LogP) is 4.31. The Hall–Kier alpha value is -1.61. The first-order valence-corrected chi connectivity index (χ1v) is 7.95. The van der Waals surface area contributed by atoms with Gasteiger partial charge >= 0.3 is 12.0 Å². The van der Waals surface area contributed by atoms with Crippen LogP contribution in [0.3, 0.4) is 0 Å². The minimum atomic E-state index is -1.04. The van der Waals surface area contributed by atoms with Crippen molar-refractivity contribution in [2.45, 2.75) is 13.8 Å². The van der Waals surface area contributed by atoms with E-state index in [4.69, 9.17) is 0 Å². The summed E-state index contributed by atoms with van der Waals surface area (Å²) in [6.07, 6.45) is 0. The molecule has 7 heteroatoms. The highest BCUT2D eigenvalue weighted by Gasteiger charge is 2.20. The van der Waals surface area contributed by atoms with Crippen LogP contribution in [-0.2, 0) is 0 Å². The number of carbonyl (C=O) groups excluding carboxylic acids is 1. The summed E-state index contributed by atoms with van der Waals surface area (Å²) >= 11 is 3.43. The summed E-state index contributed by atoms with van der Waals surface area (Å²) in [7, 11) is 0. The van der Waals surface area contributed by atoms with Crippen LogP contribution in [0.2, 0.25) is 0 Å². The lowest BCUT2D eigenvalue weighted by Crippen LogP contribution is -2.20. The molecule has 0 fully saturated rings. The number of carboxylic acid groups (broad SMARTS) is 1. The van der Waals surface area contributed by atoms with E-state index in [1.165, 1.54) is 11.3 Å². The predicted molar refractivity (Wildman–Crippen MR) is 92.6 cm³/mol. The van der Waals surface area contributed by atoms with Gasteiger partial charge in [-0.2, -0.15) is 0 Å². The maximum Gasteiger partial charge on any atom is 0.338 e. The van der Waals surface area contributed by atoms with Crippen molar-refractivity contribution in [3.63, 3.8) is 0 Å². The van der Waals surface area contributed by atoms with E-state index in [2.05, 4.69) is 33.2 Å². The van der Waals surface area contributed by atoms with Crippen LogP contribution in [0, 0.1) is 17.4 Å². The third-order valence-electron chi connectivity index (χ3n) is 2.93. The van der Waals surface area contributed by atoms with Crippen molar-refractivity contribution < 1.29 is 14.7 Å². The molecule has 3 N–H and O–H groups in total. The maximum absolute atomic E-state index is 12.0. The Morgan fingerprint density at radius 3 is 2.33 bits per heavy atom. The molecule has 1 aromatic heterocycles. The van der Waals surface area contributed by atoms with Crippen molar-refractivity contribution in [3.8, 4) is 0 Å². The number of rotatable bonds is 3. The summed E-state index contributed by atoms with van der Waals surface area (Å²) in [4.78, 5) is 24.1. The van der Waals surface area contributed by atoms with Gasteiger partial charge in [0.05, 0.1) is 5.56 Å². The molecule has 2 amide bonds. The zero-order valence-electron chi connectivity index (χ0n) is 11.4. The number of hydrogen-bond acceptors (Lipinski definition) is 3. The summed E-state index contributed by atoms with van der Waals surface area (Å²) in [6.45, 7) is 3.56. The van der Waals surface area contributed by atoms with Crippen molar-refractivity contribution in [2.75, 3.05) is 10.6 Å². The van der Waals surface area contributed by atoms with Crippen LogP contribution in [0.25, 0.3) is 0 Å². The number of aryl methyl sites for hydroxylation is 1. The van der Waals surface area contributed by atoms with Crippen molar-refractivity contribution in [1.29, 1.82) is 0 Å². The van der Waals surface area contributed by atoms with Crippen molar-refractivity contribution >= 4 is 56.6 Å². The minimum Gasteiger partial charge on any atom is -0.478 e. The lowest BCUT2D eigenvalue weighted by molar-refractivity contribution is 0.0697. The number of nitrogens with one attached hydrogen (secondary N) is 2. The zero-order valence-corrected chi connectivity index (χ0v) is 14.3. The number of halogens is 1. The van der Waals surface area contributed by atoms with Crippen molar-refractivity contribution in [3.05, 3.63) is 43.8 Å². The van der Waals surface area contributed by atoms with Crippen molar-refractivity contribution in [2.24, 2.45) is 0 Å². The smallest absolute Gasteiger partial charge is 0.338 e. The monoisotopic (exact) mass is 416 g/mol. The van der Waals surface area contributed by atoms with Crippen LogP contribution in [0.15, 0.2) is 24.3 Å². The molecule has 0 bridgehead atoms. The molecule has 0 saturated carbocycles. The second-order valence-electron chi connectivity index (χ2n) is 4.38. The van der Waals surface area contributed by atoms with Gasteiger partial charge in [0.2, 0.25) is 0 Å². The van der Waals surface area contributed by atoms with Crippen LogP contribution in [-0.4, -0.2) is 17.1 Å². The van der Waals surface area contributed by atoms with Gasteiger partial charge in [-0.1, -0.05) is 0 Å². The molecular formula is C14H13IN2O3S. The largest absolute Gasteiger partial charge is 0.478 e. The molecule has 1 heterocycles. The van der Waals surface area contributed by atoms with E-state index in [1.54, 1.807) is 19.1 Å². The molecule has 0 atom stereocenters. The summed E-state index contributed by atoms with van der Waals surface area (Å²) < 4.78 is 1.07. The quantitative estimate of drug-likeness (QED) is 0.653. The Morgan fingerprint density at radius 1 is 1.14 bits per heavy atom. The number of benzene rings is 1. The van der Waals surface area contributed by atoms with Crippen LogP contribution >= 0.6 is 33.9 Å².